The molecule has 0 aliphatic heterocycles. The minimum Gasteiger partial charge on any atom is -0.0974 e. The first kappa shape index (κ1) is 8.63. The van der Waals surface area contributed by atoms with E-state index < -0.39 is 3.78 Å². The van der Waals surface area contributed by atoms with Gasteiger partial charge in [-0.25, -0.2) is 0 Å². The molecule has 0 aromatic heterocycles. The monoisotopic (exact) mass is 239 g/mol. The Kier molecular flexibility index (Phi) is 2.49. The molecule has 2 unspecified atom stereocenters. The molecule has 0 fully saturated rings. The van der Waals surface area contributed by atoms with Crippen LogP contribution < -0.4 is 0 Å². The van der Waals surface area contributed by atoms with Gasteiger partial charge in [0.25, 0.3) is 0 Å². The van der Waals surface area contributed by atoms with Gasteiger partial charge < -0.3 is 0 Å². The van der Waals surface area contributed by atoms with Gasteiger partial charge in [-0.05, 0) is 13.0 Å². The van der Waals surface area contributed by atoms with E-state index >= 15 is 0 Å². The molecule has 0 nitrogen and oxygen atoms in total. The predicted octanol–water partition coefficient (Wildman–Crippen LogP) is 3.46. The van der Waals surface area contributed by atoms with E-state index in [-0.39, 0.29) is 5.92 Å². The molecule has 3 heteroatoms. The number of allylic oxidation sites excluding steroid dienone is 4. The summed E-state index contributed by atoms with van der Waals surface area (Å²) in [5, 5.41) is 0.675. The summed E-state index contributed by atoms with van der Waals surface area (Å²) in [5.74, 6) is 0.0473. The van der Waals surface area contributed by atoms with Gasteiger partial charge in [-0.3, -0.25) is 0 Å². The lowest BCUT2D eigenvalue weighted by Crippen LogP contribution is -2.10. The maximum Gasteiger partial charge on any atom is 0.137 e. The summed E-state index contributed by atoms with van der Waals surface area (Å²) in [6, 6.07) is 0. The molecule has 55 valence electrons. The molecule has 10 heavy (non-hydrogen) atoms. The molecule has 1 aliphatic carbocycles. The van der Waals surface area contributed by atoms with Crippen LogP contribution in [0.25, 0.3) is 0 Å². The Morgan fingerprint density at radius 3 is 2.70 bits per heavy atom. The Balaban J connectivity index is 2.85. The van der Waals surface area contributed by atoms with Crippen molar-refractivity contribution in [3.63, 3.8) is 0 Å². The SMILES string of the molecule is [CH2]C1C=CC(Cl)(Br)C=C1Cl. The van der Waals surface area contributed by atoms with Gasteiger partial charge in [0.05, 0.1) is 0 Å². The first-order valence-corrected chi connectivity index (χ1v) is 4.35. The Bertz CT molecular complexity index is 194. The molecular formula is C7H6BrCl2. The van der Waals surface area contributed by atoms with Gasteiger partial charge in [-0.1, -0.05) is 51.3 Å². The first-order chi connectivity index (χ1) is 4.51. The van der Waals surface area contributed by atoms with Gasteiger partial charge in [0, 0.05) is 11.0 Å². The van der Waals surface area contributed by atoms with Crippen LogP contribution in [0.15, 0.2) is 23.3 Å². The smallest absolute Gasteiger partial charge is 0.0974 e. The normalized spacial score (nSPS) is 39.6. The summed E-state index contributed by atoms with van der Waals surface area (Å²) < 4.78 is -0.599. The molecule has 1 radical (unpaired) electrons. The molecule has 0 aromatic rings. The average molecular weight is 241 g/mol. The third-order valence-corrected chi connectivity index (χ3v) is 2.35. The van der Waals surface area contributed by atoms with Crippen LogP contribution in [0.1, 0.15) is 0 Å². The highest BCUT2D eigenvalue weighted by atomic mass is 79.9. The Hall–Kier alpha value is 0.540. The Morgan fingerprint density at radius 1 is 1.70 bits per heavy atom. The maximum absolute atomic E-state index is 5.87. The molecule has 0 bridgehead atoms. The number of halogens is 3. The van der Waals surface area contributed by atoms with Crippen molar-refractivity contribution in [2.24, 2.45) is 5.92 Å². The highest BCUT2D eigenvalue weighted by Gasteiger charge is 2.22. The van der Waals surface area contributed by atoms with Crippen molar-refractivity contribution in [2.75, 3.05) is 0 Å². The molecule has 2 atom stereocenters. The van der Waals surface area contributed by atoms with Crippen LogP contribution in [0, 0.1) is 12.8 Å². The highest BCUT2D eigenvalue weighted by Crippen LogP contribution is 2.35. The van der Waals surface area contributed by atoms with E-state index in [1.807, 2.05) is 12.2 Å². The fourth-order valence-corrected chi connectivity index (χ4v) is 1.70. The molecule has 0 N–H and O–H groups in total. The van der Waals surface area contributed by atoms with Crippen molar-refractivity contribution in [1.29, 1.82) is 0 Å². The molecule has 0 saturated carbocycles. The van der Waals surface area contributed by atoms with Gasteiger partial charge >= 0.3 is 0 Å². The topological polar surface area (TPSA) is 0 Å². The maximum atomic E-state index is 5.87. The second-order valence-electron chi connectivity index (χ2n) is 2.17. The van der Waals surface area contributed by atoms with Crippen LogP contribution >= 0.6 is 39.1 Å². The number of hydrogen-bond donors (Lipinski definition) is 0. The van der Waals surface area contributed by atoms with Gasteiger partial charge in [0.2, 0.25) is 0 Å². The summed E-state index contributed by atoms with van der Waals surface area (Å²) in [5.41, 5.74) is 0. The predicted molar refractivity (Wildman–Crippen MR) is 49.4 cm³/mol. The van der Waals surface area contributed by atoms with Crippen LogP contribution in [0.2, 0.25) is 0 Å². The first-order valence-electron chi connectivity index (χ1n) is 2.80. The highest BCUT2D eigenvalue weighted by molar-refractivity contribution is 9.10. The zero-order valence-electron chi connectivity index (χ0n) is 5.15. The molecule has 1 rings (SSSR count). The van der Waals surface area contributed by atoms with Gasteiger partial charge in [-0.15, -0.1) is 0 Å². The molecule has 0 amide bonds. The number of rotatable bonds is 0. The number of alkyl halides is 2. The van der Waals surface area contributed by atoms with Crippen molar-refractivity contribution in [2.45, 2.75) is 3.78 Å². The molecule has 0 aromatic carbocycles. The summed E-state index contributed by atoms with van der Waals surface area (Å²) in [7, 11) is 0. The third-order valence-electron chi connectivity index (χ3n) is 1.24. The van der Waals surface area contributed by atoms with E-state index in [0.29, 0.717) is 5.03 Å². The minimum atomic E-state index is -0.599. The molecule has 0 saturated heterocycles. The van der Waals surface area contributed by atoms with Crippen molar-refractivity contribution in [1.82, 2.24) is 0 Å². The van der Waals surface area contributed by atoms with E-state index in [2.05, 4.69) is 22.9 Å². The van der Waals surface area contributed by atoms with Crippen molar-refractivity contribution in [3.05, 3.63) is 30.2 Å². The van der Waals surface area contributed by atoms with Crippen LogP contribution in [0.5, 0.6) is 0 Å². The zero-order chi connectivity index (χ0) is 7.78. The van der Waals surface area contributed by atoms with Gasteiger partial charge in [-0.2, -0.15) is 0 Å². The van der Waals surface area contributed by atoms with E-state index in [1.54, 1.807) is 6.08 Å². The lowest BCUT2D eigenvalue weighted by Gasteiger charge is -2.18. The van der Waals surface area contributed by atoms with E-state index in [1.165, 1.54) is 0 Å². The fourth-order valence-electron chi connectivity index (χ4n) is 0.675. The second kappa shape index (κ2) is 2.88. The molecule has 0 spiro atoms. The summed E-state index contributed by atoms with van der Waals surface area (Å²) in [6.45, 7) is 3.78. The molecular weight excluding hydrogens is 235 g/mol. The van der Waals surface area contributed by atoms with Gasteiger partial charge in [0.15, 0.2) is 0 Å². The van der Waals surface area contributed by atoms with Crippen molar-refractivity contribution < 1.29 is 0 Å². The fraction of sp³-hybridized carbons (Fsp3) is 0.286. The largest absolute Gasteiger partial charge is 0.137 e. The Labute approximate surface area is 79.0 Å². The Morgan fingerprint density at radius 2 is 2.30 bits per heavy atom. The van der Waals surface area contributed by atoms with Crippen LogP contribution in [0.3, 0.4) is 0 Å². The standard InChI is InChI=1S/C7H6BrCl2/c1-5-2-3-7(8,10)4-6(5)9/h2-5H,1H2. The second-order valence-corrected chi connectivity index (χ2v) is 5.00. The van der Waals surface area contributed by atoms with Crippen molar-refractivity contribution >= 4 is 39.1 Å². The number of hydrogen-bond acceptors (Lipinski definition) is 0. The third kappa shape index (κ3) is 2.01. The average Bonchev–Trinajstić information content (AvgIpc) is 1.79. The lowest BCUT2D eigenvalue weighted by molar-refractivity contribution is 0.982. The molecule has 0 heterocycles. The zero-order valence-corrected chi connectivity index (χ0v) is 8.25. The van der Waals surface area contributed by atoms with E-state index in [9.17, 15) is 0 Å². The van der Waals surface area contributed by atoms with Crippen LogP contribution in [-0.4, -0.2) is 3.78 Å². The van der Waals surface area contributed by atoms with Gasteiger partial charge in [0.1, 0.15) is 3.78 Å². The van der Waals surface area contributed by atoms with Crippen LogP contribution in [0.4, 0.5) is 0 Å². The van der Waals surface area contributed by atoms with E-state index in [0.717, 1.165) is 0 Å². The minimum absolute atomic E-state index is 0.0473. The lowest BCUT2D eigenvalue weighted by atomic mass is 10.1. The quantitative estimate of drug-likeness (QED) is 0.450. The summed E-state index contributed by atoms with van der Waals surface area (Å²) in [4.78, 5) is 0. The summed E-state index contributed by atoms with van der Waals surface area (Å²) in [6.07, 6.45) is 5.41. The molecule has 1 aliphatic rings. The summed E-state index contributed by atoms with van der Waals surface area (Å²) >= 11 is 14.9. The van der Waals surface area contributed by atoms with E-state index in [4.69, 9.17) is 23.2 Å². The van der Waals surface area contributed by atoms with Crippen LogP contribution in [-0.2, 0) is 0 Å². The van der Waals surface area contributed by atoms with Crippen molar-refractivity contribution in [3.8, 4) is 0 Å².